The summed E-state index contributed by atoms with van der Waals surface area (Å²) in [5, 5.41) is 11.1. The van der Waals surface area contributed by atoms with Crippen LogP contribution in [0.15, 0.2) is 36.4 Å². The highest BCUT2D eigenvalue weighted by atomic mass is 19.1. The molecule has 1 aromatic heterocycles. The van der Waals surface area contributed by atoms with Gasteiger partial charge in [-0.3, -0.25) is 14.8 Å². The topological polar surface area (TPSA) is 70.2 Å². The second-order valence-corrected chi connectivity index (χ2v) is 8.22. The highest BCUT2D eigenvalue weighted by Gasteiger charge is 2.30. The maximum absolute atomic E-state index is 14.0. The molecule has 5 rings (SSSR count). The molecule has 0 spiro atoms. The molecule has 0 unspecified atom stereocenters. The van der Waals surface area contributed by atoms with E-state index >= 15 is 0 Å². The van der Waals surface area contributed by atoms with Gasteiger partial charge in [0, 0.05) is 24.5 Å². The second kappa shape index (κ2) is 7.81. The van der Waals surface area contributed by atoms with Gasteiger partial charge in [0.1, 0.15) is 5.82 Å². The van der Waals surface area contributed by atoms with Crippen molar-refractivity contribution in [1.82, 2.24) is 20.4 Å². The number of rotatable bonds is 4. The van der Waals surface area contributed by atoms with Crippen LogP contribution in [0, 0.1) is 12.7 Å². The summed E-state index contributed by atoms with van der Waals surface area (Å²) in [7, 11) is 0. The van der Waals surface area contributed by atoms with Gasteiger partial charge in [-0.1, -0.05) is 18.2 Å². The van der Waals surface area contributed by atoms with Crippen molar-refractivity contribution >= 4 is 16.8 Å². The van der Waals surface area contributed by atoms with Gasteiger partial charge < -0.3 is 10.1 Å². The minimum absolute atomic E-state index is 0.148. The number of benzene rings is 2. The van der Waals surface area contributed by atoms with Crippen LogP contribution >= 0.6 is 0 Å². The first-order chi connectivity index (χ1) is 14.6. The summed E-state index contributed by atoms with van der Waals surface area (Å²) in [5.74, 6) is -0.405. The van der Waals surface area contributed by atoms with Crippen molar-refractivity contribution in [3.05, 3.63) is 53.5 Å². The minimum Gasteiger partial charge on any atom is -0.378 e. The average Bonchev–Trinajstić information content (AvgIpc) is 3.13. The van der Waals surface area contributed by atoms with E-state index in [1.165, 1.54) is 6.07 Å². The molecule has 0 bridgehead atoms. The summed E-state index contributed by atoms with van der Waals surface area (Å²) in [6.45, 7) is 5.36. The van der Waals surface area contributed by atoms with Crippen LogP contribution in [-0.4, -0.2) is 59.4 Å². The van der Waals surface area contributed by atoms with E-state index in [1.54, 1.807) is 13.0 Å². The molecular weight excluding hydrogens is 383 g/mol. The largest absolute Gasteiger partial charge is 0.378 e. The number of hydrogen-bond acceptors (Lipinski definition) is 4. The van der Waals surface area contributed by atoms with Crippen LogP contribution in [0.25, 0.3) is 22.0 Å². The van der Waals surface area contributed by atoms with Crippen LogP contribution in [0.4, 0.5) is 4.39 Å². The predicted octanol–water partition coefficient (Wildman–Crippen LogP) is 3.27. The Morgan fingerprint density at radius 2 is 2.03 bits per heavy atom. The molecule has 2 aliphatic heterocycles. The maximum atomic E-state index is 14.0. The van der Waals surface area contributed by atoms with Crippen molar-refractivity contribution < 1.29 is 13.9 Å². The maximum Gasteiger partial charge on any atom is 0.272 e. The van der Waals surface area contributed by atoms with Gasteiger partial charge in [-0.25, -0.2) is 4.39 Å². The molecule has 2 aromatic carbocycles. The number of amides is 1. The number of H-pyrrole nitrogens is 1. The van der Waals surface area contributed by atoms with Crippen LogP contribution in [0.3, 0.4) is 0 Å². The summed E-state index contributed by atoms with van der Waals surface area (Å²) in [6.07, 6.45) is 1.86. The highest BCUT2D eigenvalue weighted by molar-refractivity contribution is 6.05. The Hall–Kier alpha value is -2.77. The van der Waals surface area contributed by atoms with E-state index in [2.05, 4.69) is 20.4 Å². The number of carbonyl (C=O) groups is 1. The van der Waals surface area contributed by atoms with E-state index < -0.39 is 0 Å². The Morgan fingerprint density at radius 3 is 2.77 bits per heavy atom. The molecule has 30 heavy (non-hydrogen) atoms. The normalized spacial score (nSPS) is 18.5. The van der Waals surface area contributed by atoms with E-state index in [0.717, 1.165) is 61.2 Å². The zero-order chi connectivity index (χ0) is 20.7. The zero-order valence-electron chi connectivity index (χ0n) is 17.0. The number of piperidine rings is 1. The van der Waals surface area contributed by atoms with E-state index in [-0.39, 0.29) is 17.8 Å². The Kier molecular flexibility index (Phi) is 5.00. The molecule has 3 heterocycles. The van der Waals surface area contributed by atoms with E-state index in [0.29, 0.717) is 17.3 Å². The minimum atomic E-state index is -0.238. The van der Waals surface area contributed by atoms with Crippen LogP contribution in [0.1, 0.15) is 28.9 Å². The first-order valence-corrected chi connectivity index (χ1v) is 10.5. The number of carbonyl (C=O) groups excluding carboxylic acids is 1. The third-order valence-electron chi connectivity index (χ3n) is 6.36. The molecular formula is C23H25FN4O2. The lowest BCUT2D eigenvalue weighted by atomic mass is 9.98. The fourth-order valence-corrected chi connectivity index (χ4v) is 4.37. The fourth-order valence-electron chi connectivity index (χ4n) is 4.37. The van der Waals surface area contributed by atoms with Crippen LogP contribution in [-0.2, 0) is 4.74 Å². The Bertz CT molecular complexity index is 1080. The zero-order valence-corrected chi connectivity index (χ0v) is 17.0. The number of aromatic nitrogens is 2. The van der Waals surface area contributed by atoms with Gasteiger partial charge in [-0.2, -0.15) is 5.10 Å². The monoisotopic (exact) mass is 408 g/mol. The van der Waals surface area contributed by atoms with Crippen molar-refractivity contribution in [2.75, 3.05) is 26.3 Å². The Balaban J connectivity index is 1.34. The van der Waals surface area contributed by atoms with E-state index in [1.807, 2.05) is 24.3 Å². The van der Waals surface area contributed by atoms with Gasteiger partial charge in [0.2, 0.25) is 0 Å². The number of hydrogen-bond donors (Lipinski definition) is 2. The van der Waals surface area contributed by atoms with Gasteiger partial charge in [0.15, 0.2) is 5.69 Å². The van der Waals surface area contributed by atoms with E-state index in [4.69, 9.17) is 4.74 Å². The van der Waals surface area contributed by atoms with Crippen LogP contribution in [0.5, 0.6) is 0 Å². The molecule has 2 N–H and O–H groups in total. The Morgan fingerprint density at radius 1 is 1.23 bits per heavy atom. The van der Waals surface area contributed by atoms with E-state index in [9.17, 15) is 9.18 Å². The summed E-state index contributed by atoms with van der Waals surface area (Å²) in [4.78, 5) is 15.4. The second-order valence-electron chi connectivity index (χ2n) is 8.22. The summed E-state index contributed by atoms with van der Waals surface area (Å²) in [6, 6.07) is 11.5. The number of nitrogens with one attached hydrogen (secondary N) is 2. The van der Waals surface area contributed by atoms with Gasteiger partial charge in [0.05, 0.1) is 24.8 Å². The fraction of sp³-hybridized carbons (Fsp3) is 0.391. The summed E-state index contributed by atoms with van der Waals surface area (Å²) in [5.41, 5.74) is 3.45. The smallest absolute Gasteiger partial charge is 0.272 e. The average molecular weight is 408 g/mol. The SMILES string of the molecule is Cc1c(F)cccc1-c1ccc2[nH]nc(C(=O)NC3CCN(C4COC4)CC3)c2c1. The number of likely N-dealkylation sites (tertiary alicyclic amines) is 1. The summed E-state index contributed by atoms with van der Waals surface area (Å²) >= 11 is 0. The molecule has 7 heteroatoms. The van der Waals surface area contributed by atoms with Crippen LogP contribution in [0.2, 0.25) is 0 Å². The number of nitrogens with zero attached hydrogens (tertiary/aromatic N) is 2. The molecule has 2 fully saturated rings. The van der Waals surface area contributed by atoms with Crippen molar-refractivity contribution in [1.29, 1.82) is 0 Å². The molecule has 3 aromatic rings. The molecule has 2 saturated heterocycles. The van der Waals surface area contributed by atoms with Gasteiger partial charge in [-0.05, 0) is 54.7 Å². The quantitative estimate of drug-likeness (QED) is 0.695. The number of aromatic amines is 1. The molecule has 156 valence electrons. The number of fused-ring (bicyclic) bond motifs is 1. The lowest BCUT2D eigenvalue weighted by Gasteiger charge is -2.41. The van der Waals surface area contributed by atoms with Crippen molar-refractivity contribution in [2.24, 2.45) is 0 Å². The third kappa shape index (κ3) is 3.48. The van der Waals surface area contributed by atoms with Gasteiger partial charge in [0.25, 0.3) is 5.91 Å². The van der Waals surface area contributed by atoms with Crippen molar-refractivity contribution in [3.63, 3.8) is 0 Å². The predicted molar refractivity (Wildman–Crippen MR) is 113 cm³/mol. The molecule has 6 nitrogen and oxygen atoms in total. The summed E-state index contributed by atoms with van der Waals surface area (Å²) < 4.78 is 19.3. The number of ether oxygens (including phenoxy) is 1. The Labute approximate surface area is 174 Å². The van der Waals surface area contributed by atoms with Gasteiger partial charge in [-0.15, -0.1) is 0 Å². The lowest BCUT2D eigenvalue weighted by Crippen LogP contribution is -2.54. The van der Waals surface area contributed by atoms with Crippen molar-refractivity contribution in [3.8, 4) is 11.1 Å². The molecule has 0 saturated carbocycles. The first kappa shape index (κ1) is 19.2. The molecule has 2 aliphatic rings. The molecule has 0 atom stereocenters. The first-order valence-electron chi connectivity index (χ1n) is 10.5. The standard InChI is InChI=1S/C23H25FN4O2/c1-14-18(3-2-4-20(14)24)15-5-6-21-19(11-15)22(27-26-21)23(29)25-16-7-9-28(10-8-16)17-12-30-13-17/h2-6,11,16-17H,7-10,12-13H2,1H3,(H,25,29)(H,26,27). The molecule has 1 amide bonds. The lowest BCUT2D eigenvalue weighted by molar-refractivity contribution is -0.0716. The number of halogens is 1. The molecule has 0 radical (unpaired) electrons. The third-order valence-corrected chi connectivity index (χ3v) is 6.36. The highest BCUT2D eigenvalue weighted by Crippen LogP contribution is 2.29. The van der Waals surface area contributed by atoms with Crippen molar-refractivity contribution in [2.45, 2.75) is 31.8 Å². The van der Waals surface area contributed by atoms with Crippen LogP contribution < -0.4 is 5.32 Å². The van der Waals surface area contributed by atoms with Gasteiger partial charge >= 0.3 is 0 Å². The molecule has 0 aliphatic carbocycles.